The van der Waals surface area contributed by atoms with Crippen molar-refractivity contribution in [1.29, 1.82) is 0 Å². The Bertz CT molecular complexity index is 813. The summed E-state index contributed by atoms with van der Waals surface area (Å²) in [5.74, 6) is 7.11. The molecule has 6 heteroatoms. The summed E-state index contributed by atoms with van der Waals surface area (Å²) in [6.07, 6.45) is 0.681. The molecule has 3 aromatic rings. The minimum Gasteiger partial charge on any atom is -0.308 e. The lowest BCUT2D eigenvalue weighted by Gasteiger charge is -2.06. The van der Waals surface area contributed by atoms with Crippen LogP contribution in [0.5, 0.6) is 0 Å². The highest BCUT2D eigenvalue weighted by molar-refractivity contribution is 9.10. The Kier molecular flexibility index (Phi) is 3.93. The van der Waals surface area contributed by atoms with Crippen molar-refractivity contribution in [3.8, 4) is 0 Å². The average Bonchev–Trinajstić information content (AvgIpc) is 2.73. The van der Waals surface area contributed by atoms with E-state index in [-0.39, 0.29) is 0 Å². The quantitative estimate of drug-likeness (QED) is 0.546. The minimum absolute atomic E-state index is 0.681. The summed E-state index contributed by atoms with van der Waals surface area (Å²) >= 11 is 5.17. The Morgan fingerprint density at radius 3 is 2.81 bits per heavy atom. The van der Waals surface area contributed by atoms with Crippen molar-refractivity contribution < 1.29 is 0 Å². The van der Waals surface area contributed by atoms with Crippen molar-refractivity contribution in [2.24, 2.45) is 5.84 Å². The van der Waals surface area contributed by atoms with Crippen LogP contribution in [0.3, 0.4) is 0 Å². The molecule has 0 unspecified atom stereocenters. The number of aromatic nitrogens is 2. The minimum atomic E-state index is 0.681. The fourth-order valence-corrected chi connectivity index (χ4v) is 3.80. The number of aryl methyl sites for hydroxylation is 2. The third kappa shape index (κ3) is 2.79. The molecule has 2 heterocycles. The van der Waals surface area contributed by atoms with Gasteiger partial charge in [-0.2, -0.15) is 0 Å². The van der Waals surface area contributed by atoms with Gasteiger partial charge >= 0.3 is 0 Å². The molecule has 3 rings (SSSR count). The van der Waals surface area contributed by atoms with E-state index in [1.165, 1.54) is 10.4 Å². The van der Waals surface area contributed by atoms with Crippen molar-refractivity contribution in [3.63, 3.8) is 0 Å². The molecule has 108 valence electrons. The number of nitrogens with zero attached hydrogens (tertiary/aromatic N) is 2. The number of hydrogen-bond donors (Lipinski definition) is 2. The van der Waals surface area contributed by atoms with Gasteiger partial charge in [-0.3, -0.25) is 0 Å². The fraction of sp³-hybridized carbons (Fsp3) is 0.200. The molecular formula is C15H15BrN4S. The first-order chi connectivity index (χ1) is 10.1. The standard InChI is InChI=1S/C15H15BrN4S/c1-8-9(2)21-15-13(8)14(20-17)18-12(19-15)7-10-4-3-5-11(16)6-10/h3-6H,7,17H2,1-2H3,(H,18,19,20). The SMILES string of the molecule is Cc1sc2nc(Cc3cccc(Br)c3)nc(NN)c2c1C. The molecule has 0 atom stereocenters. The number of hydrazine groups is 1. The van der Waals surface area contributed by atoms with Gasteiger partial charge in [0, 0.05) is 15.8 Å². The van der Waals surface area contributed by atoms with Gasteiger partial charge in [-0.15, -0.1) is 11.3 Å². The second kappa shape index (κ2) is 5.71. The number of fused-ring (bicyclic) bond motifs is 1. The molecule has 0 aliphatic carbocycles. The number of thiophene rings is 1. The number of hydrogen-bond acceptors (Lipinski definition) is 5. The second-order valence-electron chi connectivity index (χ2n) is 4.90. The zero-order valence-corrected chi connectivity index (χ0v) is 14.2. The summed E-state index contributed by atoms with van der Waals surface area (Å²) in [6, 6.07) is 8.17. The highest BCUT2D eigenvalue weighted by Gasteiger charge is 2.14. The van der Waals surface area contributed by atoms with Crippen LogP contribution < -0.4 is 11.3 Å². The molecule has 2 aromatic heterocycles. The van der Waals surface area contributed by atoms with Gasteiger partial charge < -0.3 is 5.43 Å². The molecule has 1 aromatic carbocycles. The normalized spacial score (nSPS) is 11.0. The van der Waals surface area contributed by atoms with Gasteiger partial charge in [-0.1, -0.05) is 28.1 Å². The van der Waals surface area contributed by atoms with E-state index in [0.29, 0.717) is 12.2 Å². The Hall–Kier alpha value is -1.50. The Morgan fingerprint density at radius 1 is 1.29 bits per heavy atom. The monoisotopic (exact) mass is 362 g/mol. The number of nitrogen functional groups attached to an aromatic ring is 1. The molecule has 21 heavy (non-hydrogen) atoms. The van der Waals surface area contributed by atoms with Crippen LogP contribution >= 0.6 is 27.3 Å². The van der Waals surface area contributed by atoms with Gasteiger partial charge in [-0.25, -0.2) is 15.8 Å². The molecule has 0 bridgehead atoms. The van der Waals surface area contributed by atoms with Gasteiger partial charge in [0.2, 0.25) is 0 Å². The maximum absolute atomic E-state index is 5.64. The van der Waals surface area contributed by atoms with Crippen LogP contribution in [0.1, 0.15) is 21.8 Å². The first-order valence-corrected chi connectivity index (χ1v) is 8.17. The lowest BCUT2D eigenvalue weighted by Crippen LogP contribution is -2.11. The van der Waals surface area contributed by atoms with Crippen molar-refractivity contribution in [2.45, 2.75) is 20.3 Å². The number of rotatable bonds is 3. The number of benzene rings is 1. The lowest BCUT2D eigenvalue weighted by molar-refractivity contribution is 0.992. The third-order valence-corrected chi connectivity index (χ3v) is 5.06. The molecule has 0 saturated carbocycles. The Balaban J connectivity index is 2.07. The second-order valence-corrected chi connectivity index (χ2v) is 7.02. The molecule has 0 radical (unpaired) electrons. The van der Waals surface area contributed by atoms with Crippen LogP contribution in [0, 0.1) is 13.8 Å². The van der Waals surface area contributed by atoms with Gasteiger partial charge in [0.05, 0.1) is 5.39 Å². The van der Waals surface area contributed by atoms with Gasteiger partial charge in [0.15, 0.2) is 5.82 Å². The van der Waals surface area contributed by atoms with E-state index in [2.05, 4.69) is 57.3 Å². The average molecular weight is 363 g/mol. The largest absolute Gasteiger partial charge is 0.308 e. The van der Waals surface area contributed by atoms with E-state index in [0.717, 1.165) is 26.1 Å². The van der Waals surface area contributed by atoms with E-state index in [1.54, 1.807) is 11.3 Å². The van der Waals surface area contributed by atoms with Crippen LogP contribution in [0.15, 0.2) is 28.7 Å². The zero-order chi connectivity index (χ0) is 15.0. The maximum Gasteiger partial charge on any atom is 0.152 e. The molecule has 0 aliphatic rings. The third-order valence-electron chi connectivity index (χ3n) is 3.46. The molecule has 0 amide bonds. The Labute approximate surface area is 135 Å². The van der Waals surface area contributed by atoms with E-state index < -0.39 is 0 Å². The summed E-state index contributed by atoms with van der Waals surface area (Å²) in [7, 11) is 0. The van der Waals surface area contributed by atoms with Crippen molar-refractivity contribution in [1.82, 2.24) is 9.97 Å². The molecule has 0 aliphatic heterocycles. The van der Waals surface area contributed by atoms with Crippen LogP contribution in [-0.2, 0) is 6.42 Å². The van der Waals surface area contributed by atoms with Crippen LogP contribution in [0.2, 0.25) is 0 Å². The van der Waals surface area contributed by atoms with Crippen LogP contribution in [0.4, 0.5) is 5.82 Å². The van der Waals surface area contributed by atoms with Gasteiger partial charge in [-0.05, 0) is 37.1 Å². The maximum atomic E-state index is 5.64. The summed E-state index contributed by atoms with van der Waals surface area (Å²) in [4.78, 5) is 11.5. The van der Waals surface area contributed by atoms with Crippen molar-refractivity contribution in [2.75, 3.05) is 5.43 Å². The number of nitrogens with two attached hydrogens (primary N) is 1. The van der Waals surface area contributed by atoms with Crippen molar-refractivity contribution >= 4 is 43.3 Å². The topological polar surface area (TPSA) is 63.8 Å². The molecule has 0 fully saturated rings. The summed E-state index contributed by atoms with van der Waals surface area (Å²) < 4.78 is 1.06. The van der Waals surface area contributed by atoms with Gasteiger partial charge in [0.25, 0.3) is 0 Å². The summed E-state index contributed by atoms with van der Waals surface area (Å²) in [6.45, 7) is 4.17. The predicted molar refractivity (Wildman–Crippen MR) is 91.6 cm³/mol. The molecule has 4 nitrogen and oxygen atoms in total. The van der Waals surface area contributed by atoms with Crippen LogP contribution in [0.25, 0.3) is 10.2 Å². The first-order valence-electron chi connectivity index (χ1n) is 6.56. The van der Waals surface area contributed by atoms with E-state index in [4.69, 9.17) is 5.84 Å². The highest BCUT2D eigenvalue weighted by atomic mass is 79.9. The zero-order valence-electron chi connectivity index (χ0n) is 11.8. The molecule has 0 spiro atoms. The summed E-state index contributed by atoms with van der Waals surface area (Å²) in [5, 5.41) is 1.03. The van der Waals surface area contributed by atoms with E-state index in [1.807, 2.05) is 12.1 Å². The smallest absolute Gasteiger partial charge is 0.152 e. The lowest BCUT2D eigenvalue weighted by atomic mass is 10.1. The van der Waals surface area contributed by atoms with E-state index in [9.17, 15) is 0 Å². The molecule has 0 saturated heterocycles. The fourth-order valence-electron chi connectivity index (χ4n) is 2.31. The first kappa shape index (κ1) is 14.4. The number of nitrogens with one attached hydrogen (secondary N) is 1. The Morgan fingerprint density at radius 2 is 2.10 bits per heavy atom. The van der Waals surface area contributed by atoms with Crippen molar-refractivity contribution in [3.05, 3.63) is 50.6 Å². The van der Waals surface area contributed by atoms with E-state index >= 15 is 0 Å². The highest BCUT2D eigenvalue weighted by Crippen LogP contribution is 2.33. The predicted octanol–water partition coefficient (Wildman–Crippen LogP) is 3.95. The number of halogens is 1. The summed E-state index contributed by atoms with van der Waals surface area (Å²) in [5.41, 5.74) is 5.06. The van der Waals surface area contributed by atoms with Gasteiger partial charge in [0.1, 0.15) is 10.7 Å². The molecule has 3 N–H and O–H groups in total. The molecular weight excluding hydrogens is 348 g/mol. The van der Waals surface area contributed by atoms with Crippen LogP contribution in [-0.4, -0.2) is 9.97 Å². The number of anilines is 1.